The van der Waals surface area contributed by atoms with Crippen molar-refractivity contribution in [1.82, 2.24) is 10.3 Å². The predicted octanol–water partition coefficient (Wildman–Crippen LogP) is 4.97. The van der Waals surface area contributed by atoms with Crippen molar-refractivity contribution in [3.8, 4) is 5.75 Å². The van der Waals surface area contributed by atoms with Gasteiger partial charge in [-0.3, -0.25) is 18.9 Å². The number of rotatable bonds is 12. The first-order valence-corrected chi connectivity index (χ1v) is 15.4. The second-order valence-electron chi connectivity index (χ2n) is 8.75. The smallest absolute Gasteiger partial charge is 0.264 e. The fourth-order valence-electron chi connectivity index (χ4n) is 3.96. The lowest BCUT2D eigenvalue weighted by atomic mass is 10.1. The van der Waals surface area contributed by atoms with Crippen LogP contribution in [0.15, 0.2) is 107 Å². The number of thioether (sulfide) groups is 1. The fourth-order valence-corrected chi connectivity index (χ4v) is 5.79. The molecule has 41 heavy (non-hydrogen) atoms. The molecule has 1 aromatic heterocycles. The molecule has 0 spiro atoms. The van der Waals surface area contributed by atoms with E-state index < -0.39 is 28.4 Å². The number of carbonyl (C=O) groups is 2. The number of aromatic nitrogens is 1. The van der Waals surface area contributed by atoms with Crippen molar-refractivity contribution in [2.24, 2.45) is 0 Å². The highest BCUT2D eigenvalue weighted by Crippen LogP contribution is 2.27. The second-order valence-corrected chi connectivity index (χ2v) is 11.5. The number of anilines is 2. The van der Waals surface area contributed by atoms with Crippen LogP contribution in [0.25, 0.3) is 0 Å². The summed E-state index contributed by atoms with van der Waals surface area (Å²) < 4.78 is 34.1. The number of nitrogens with one attached hydrogen (secondary N) is 2. The van der Waals surface area contributed by atoms with Crippen LogP contribution < -0.4 is 19.7 Å². The maximum Gasteiger partial charge on any atom is 0.264 e. The van der Waals surface area contributed by atoms with Crippen LogP contribution in [0.3, 0.4) is 0 Å². The number of para-hydroxylation sites is 1. The summed E-state index contributed by atoms with van der Waals surface area (Å²) in [6, 6.07) is 23.1. The number of amides is 2. The van der Waals surface area contributed by atoms with E-state index in [2.05, 4.69) is 15.6 Å². The van der Waals surface area contributed by atoms with Gasteiger partial charge in [0.15, 0.2) is 0 Å². The number of nitrogens with zero attached hydrogens (tertiary/aromatic N) is 2. The van der Waals surface area contributed by atoms with Gasteiger partial charge in [-0.1, -0.05) is 18.2 Å². The third-order valence-electron chi connectivity index (χ3n) is 5.99. The molecule has 4 aromatic rings. The fraction of sp³-hybridized carbons (Fsp3) is 0.167. The van der Waals surface area contributed by atoms with Gasteiger partial charge >= 0.3 is 0 Å². The number of ether oxygens (including phenoxy) is 1. The highest BCUT2D eigenvalue weighted by Gasteiger charge is 2.28. The minimum Gasteiger partial charge on any atom is -0.494 e. The molecule has 1 heterocycles. The van der Waals surface area contributed by atoms with Crippen LogP contribution >= 0.6 is 11.8 Å². The number of benzene rings is 3. The molecule has 4 rings (SSSR count). The van der Waals surface area contributed by atoms with E-state index in [1.54, 1.807) is 79.1 Å². The molecule has 0 unspecified atom stereocenters. The number of sulfonamides is 1. The van der Waals surface area contributed by atoms with Crippen LogP contribution in [-0.4, -0.2) is 44.6 Å². The SMILES string of the molecule is CCOc1ccc(N(CC(=O)Nc2ccccc2C(=O)NCc2cccnc2)S(=O)(=O)c2ccc(SC)cc2)cc1. The maximum absolute atomic E-state index is 13.8. The highest BCUT2D eigenvalue weighted by molar-refractivity contribution is 7.98. The van der Waals surface area contributed by atoms with Crippen LogP contribution in [0.1, 0.15) is 22.8 Å². The van der Waals surface area contributed by atoms with Gasteiger partial charge in [-0.2, -0.15) is 0 Å². The molecule has 0 saturated heterocycles. The van der Waals surface area contributed by atoms with Crippen LogP contribution in [0.4, 0.5) is 11.4 Å². The summed E-state index contributed by atoms with van der Waals surface area (Å²) in [6.45, 7) is 2.05. The van der Waals surface area contributed by atoms with Gasteiger partial charge in [0.1, 0.15) is 12.3 Å². The summed E-state index contributed by atoms with van der Waals surface area (Å²) in [5.74, 6) is -0.432. The Morgan fingerprint density at radius 1 is 0.951 bits per heavy atom. The van der Waals surface area contributed by atoms with Crippen LogP contribution in [0.2, 0.25) is 0 Å². The molecular formula is C30H30N4O5S2. The van der Waals surface area contributed by atoms with E-state index in [1.165, 1.54) is 23.9 Å². The molecule has 3 aromatic carbocycles. The topological polar surface area (TPSA) is 118 Å². The van der Waals surface area contributed by atoms with E-state index in [-0.39, 0.29) is 22.7 Å². The largest absolute Gasteiger partial charge is 0.494 e. The highest BCUT2D eigenvalue weighted by atomic mass is 32.2. The molecule has 0 atom stereocenters. The van der Waals surface area contributed by atoms with Gasteiger partial charge < -0.3 is 15.4 Å². The van der Waals surface area contributed by atoms with Crippen molar-refractivity contribution in [2.75, 3.05) is 29.0 Å². The van der Waals surface area contributed by atoms with E-state index in [0.717, 1.165) is 14.8 Å². The Hall–Kier alpha value is -4.35. The predicted molar refractivity (Wildman–Crippen MR) is 161 cm³/mol. The zero-order chi connectivity index (χ0) is 29.2. The third kappa shape index (κ3) is 7.65. The first-order chi connectivity index (χ1) is 19.8. The average molecular weight is 591 g/mol. The van der Waals surface area contributed by atoms with Gasteiger partial charge in [-0.25, -0.2) is 8.42 Å². The Bertz CT molecular complexity index is 1580. The Morgan fingerprint density at radius 2 is 1.68 bits per heavy atom. The lowest BCUT2D eigenvalue weighted by Crippen LogP contribution is -2.38. The summed E-state index contributed by atoms with van der Waals surface area (Å²) in [5.41, 5.74) is 1.62. The molecule has 2 N–H and O–H groups in total. The minimum absolute atomic E-state index is 0.0483. The number of carbonyl (C=O) groups excluding carboxylic acids is 2. The Morgan fingerprint density at radius 3 is 2.34 bits per heavy atom. The standard InChI is InChI=1S/C30H30N4O5S2/c1-3-39-24-12-10-23(11-13-24)34(41(37,38)26-16-14-25(40-2)15-17-26)21-29(35)33-28-9-5-4-8-27(28)30(36)32-20-22-7-6-18-31-19-22/h4-19H,3,20-21H2,1-2H3,(H,32,36)(H,33,35). The first-order valence-electron chi connectivity index (χ1n) is 12.8. The molecule has 0 aliphatic carbocycles. The molecular weight excluding hydrogens is 560 g/mol. The van der Waals surface area contributed by atoms with Gasteiger partial charge in [0, 0.05) is 23.8 Å². The molecule has 0 radical (unpaired) electrons. The molecule has 0 fully saturated rings. The van der Waals surface area contributed by atoms with Gasteiger partial charge in [0.25, 0.3) is 15.9 Å². The van der Waals surface area contributed by atoms with Crippen molar-refractivity contribution in [3.05, 3.63) is 108 Å². The molecule has 0 aliphatic rings. The Kier molecular flexibility index (Phi) is 9.99. The van der Waals surface area contributed by atoms with Crippen molar-refractivity contribution in [1.29, 1.82) is 0 Å². The summed E-state index contributed by atoms with van der Waals surface area (Å²) in [5, 5.41) is 5.53. The molecule has 11 heteroatoms. The van der Waals surface area contributed by atoms with E-state index >= 15 is 0 Å². The Balaban J connectivity index is 1.57. The molecule has 0 bridgehead atoms. The normalized spacial score (nSPS) is 11.0. The van der Waals surface area contributed by atoms with E-state index in [4.69, 9.17) is 4.74 Å². The van der Waals surface area contributed by atoms with Crippen LogP contribution in [0, 0.1) is 0 Å². The Labute approximate surface area is 244 Å². The number of pyridine rings is 1. The molecule has 2 amide bonds. The lowest BCUT2D eigenvalue weighted by Gasteiger charge is -2.24. The lowest BCUT2D eigenvalue weighted by molar-refractivity contribution is -0.114. The monoisotopic (exact) mass is 590 g/mol. The van der Waals surface area contributed by atoms with Gasteiger partial charge in [-0.15, -0.1) is 11.8 Å². The van der Waals surface area contributed by atoms with Crippen molar-refractivity contribution < 1.29 is 22.7 Å². The number of hydrogen-bond acceptors (Lipinski definition) is 7. The van der Waals surface area contributed by atoms with Crippen molar-refractivity contribution in [3.63, 3.8) is 0 Å². The second kappa shape index (κ2) is 13.8. The molecule has 9 nitrogen and oxygen atoms in total. The quantitative estimate of drug-likeness (QED) is 0.224. The summed E-state index contributed by atoms with van der Waals surface area (Å²) in [7, 11) is -4.12. The molecule has 0 aliphatic heterocycles. The van der Waals surface area contributed by atoms with Crippen LogP contribution in [0.5, 0.6) is 5.75 Å². The van der Waals surface area contributed by atoms with E-state index in [0.29, 0.717) is 18.0 Å². The molecule has 0 saturated carbocycles. The maximum atomic E-state index is 13.8. The van der Waals surface area contributed by atoms with E-state index in [1.807, 2.05) is 19.2 Å². The molecule has 212 valence electrons. The zero-order valence-corrected chi connectivity index (χ0v) is 24.2. The van der Waals surface area contributed by atoms with Crippen molar-refractivity contribution in [2.45, 2.75) is 23.3 Å². The van der Waals surface area contributed by atoms with Gasteiger partial charge in [0.2, 0.25) is 5.91 Å². The first kappa shape index (κ1) is 29.6. The summed E-state index contributed by atoms with van der Waals surface area (Å²) in [4.78, 5) is 31.3. The third-order valence-corrected chi connectivity index (χ3v) is 8.52. The number of hydrogen-bond donors (Lipinski definition) is 2. The van der Waals surface area contributed by atoms with Crippen molar-refractivity contribution >= 4 is 45.0 Å². The van der Waals surface area contributed by atoms with Gasteiger partial charge in [-0.05, 0) is 85.5 Å². The summed E-state index contributed by atoms with van der Waals surface area (Å²) in [6.07, 6.45) is 5.20. The minimum atomic E-state index is -4.12. The van der Waals surface area contributed by atoms with E-state index in [9.17, 15) is 18.0 Å². The van der Waals surface area contributed by atoms with Crippen LogP contribution in [-0.2, 0) is 21.4 Å². The van der Waals surface area contributed by atoms with Gasteiger partial charge in [0.05, 0.1) is 28.4 Å². The summed E-state index contributed by atoms with van der Waals surface area (Å²) >= 11 is 1.49. The average Bonchev–Trinajstić information content (AvgIpc) is 3.00. The zero-order valence-electron chi connectivity index (χ0n) is 22.6.